The van der Waals surface area contributed by atoms with E-state index in [9.17, 15) is 4.79 Å². The third-order valence-electron chi connectivity index (χ3n) is 5.09. The van der Waals surface area contributed by atoms with Crippen molar-refractivity contribution in [1.82, 2.24) is 14.9 Å². The van der Waals surface area contributed by atoms with Gasteiger partial charge >= 0.3 is 0 Å². The van der Waals surface area contributed by atoms with Crippen LogP contribution in [0.5, 0.6) is 5.75 Å². The summed E-state index contributed by atoms with van der Waals surface area (Å²) in [5.41, 5.74) is 5.46. The van der Waals surface area contributed by atoms with Gasteiger partial charge in [-0.05, 0) is 35.4 Å². The standard InChI is InChI=1S/C22H24N4O2/c1-15(27)25-18-8-6-16(7-9-18)13-26-11-10-20-21(24-14-23-20)22(26)17-4-3-5-19(12-17)28-2/h3-9,12,14,22H,10-11,13H2,1-2H3,(H,23,24)(H,25,27)/t22-/m0/s1. The van der Waals surface area contributed by atoms with Crippen molar-refractivity contribution in [2.24, 2.45) is 0 Å². The highest BCUT2D eigenvalue weighted by molar-refractivity contribution is 5.88. The number of nitrogens with one attached hydrogen (secondary N) is 2. The Labute approximate surface area is 164 Å². The Morgan fingerprint density at radius 3 is 2.86 bits per heavy atom. The van der Waals surface area contributed by atoms with Crippen LogP contribution in [0.25, 0.3) is 0 Å². The second kappa shape index (κ2) is 7.86. The Balaban J connectivity index is 1.62. The summed E-state index contributed by atoms with van der Waals surface area (Å²) in [7, 11) is 1.69. The molecule has 0 saturated carbocycles. The predicted octanol–water partition coefficient (Wildman–Crippen LogP) is 3.52. The second-order valence-corrected chi connectivity index (χ2v) is 7.04. The molecule has 28 heavy (non-hydrogen) atoms. The van der Waals surface area contributed by atoms with E-state index in [2.05, 4.69) is 44.5 Å². The fourth-order valence-electron chi connectivity index (χ4n) is 3.81. The number of methoxy groups -OCH3 is 1. The maximum Gasteiger partial charge on any atom is 0.221 e. The van der Waals surface area contributed by atoms with Crippen LogP contribution in [0.2, 0.25) is 0 Å². The van der Waals surface area contributed by atoms with Crippen molar-refractivity contribution < 1.29 is 9.53 Å². The molecule has 2 heterocycles. The average Bonchev–Trinajstić information content (AvgIpc) is 3.17. The van der Waals surface area contributed by atoms with Crippen LogP contribution in [0.3, 0.4) is 0 Å². The third-order valence-corrected chi connectivity index (χ3v) is 5.09. The SMILES string of the molecule is COc1cccc([C@H]2c3nc[nH]c3CCN2Cc2ccc(NC(C)=O)cc2)c1. The molecule has 4 rings (SSSR count). The zero-order valence-corrected chi connectivity index (χ0v) is 16.1. The zero-order chi connectivity index (χ0) is 19.5. The second-order valence-electron chi connectivity index (χ2n) is 7.04. The van der Waals surface area contributed by atoms with E-state index in [-0.39, 0.29) is 11.9 Å². The molecule has 3 aromatic rings. The van der Waals surface area contributed by atoms with Crippen molar-refractivity contribution in [3.8, 4) is 5.75 Å². The number of aromatic nitrogens is 2. The number of hydrogen-bond donors (Lipinski definition) is 2. The average molecular weight is 376 g/mol. The number of rotatable bonds is 5. The van der Waals surface area contributed by atoms with Crippen molar-refractivity contribution in [3.63, 3.8) is 0 Å². The van der Waals surface area contributed by atoms with Crippen molar-refractivity contribution in [2.45, 2.75) is 25.9 Å². The topological polar surface area (TPSA) is 70.2 Å². The van der Waals surface area contributed by atoms with Gasteiger partial charge in [-0.25, -0.2) is 4.98 Å². The molecule has 6 heteroatoms. The van der Waals surface area contributed by atoms with E-state index in [4.69, 9.17) is 4.74 Å². The molecule has 0 unspecified atom stereocenters. The smallest absolute Gasteiger partial charge is 0.221 e. The van der Waals surface area contributed by atoms with Gasteiger partial charge in [-0.1, -0.05) is 24.3 Å². The Kier molecular flexibility index (Phi) is 5.12. The number of amides is 1. The number of nitrogens with zero attached hydrogens (tertiary/aromatic N) is 2. The van der Waals surface area contributed by atoms with Crippen LogP contribution >= 0.6 is 0 Å². The van der Waals surface area contributed by atoms with Crippen LogP contribution in [0.1, 0.15) is 35.5 Å². The molecular formula is C22H24N4O2. The molecule has 2 aromatic carbocycles. The summed E-state index contributed by atoms with van der Waals surface area (Å²) in [6, 6.07) is 16.3. The van der Waals surface area contributed by atoms with Gasteiger partial charge in [-0.3, -0.25) is 9.69 Å². The van der Waals surface area contributed by atoms with E-state index in [1.54, 1.807) is 13.4 Å². The minimum atomic E-state index is -0.0621. The minimum Gasteiger partial charge on any atom is -0.497 e. The molecule has 144 valence electrons. The lowest BCUT2D eigenvalue weighted by Gasteiger charge is -2.35. The number of aromatic amines is 1. The summed E-state index contributed by atoms with van der Waals surface area (Å²) < 4.78 is 5.43. The number of H-pyrrole nitrogens is 1. The summed E-state index contributed by atoms with van der Waals surface area (Å²) in [5.74, 6) is 0.785. The predicted molar refractivity (Wildman–Crippen MR) is 108 cm³/mol. The van der Waals surface area contributed by atoms with E-state index in [0.717, 1.165) is 36.6 Å². The highest BCUT2D eigenvalue weighted by atomic mass is 16.5. The quantitative estimate of drug-likeness (QED) is 0.715. The molecule has 2 N–H and O–H groups in total. The van der Waals surface area contributed by atoms with Crippen LogP contribution in [-0.4, -0.2) is 34.4 Å². The molecule has 0 bridgehead atoms. The maximum absolute atomic E-state index is 11.2. The molecule has 0 spiro atoms. The van der Waals surface area contributed by atoms with Crippen LogP contribution < -0.4 is 10.1 Å². The zero-order valence-electron chi connectivity index (χ0n) is 16.1. The minimum absolute atomic E-state index is 0.0621. The Morgan fingerprint density at radius 1 is 1.29 bits per heavy atom. The van der Waals surface area contributed by atoms with Crippen molar-refractivity contribution in [1.29, 1.82) is 0 Å². The first-order chi connectivity index (χ1) is 13.6. The van der Waals surface area contributed by atoms with Gasteiger partial charge in [-0.2, -0.15) is 0 Å². The summed E-state index contributed by atoms with van der Waals surface area (Å²) in [4.78, 5) is 21.6. The lowest BCUT2D eigenvalue weighted by Crippen LogP contribution is -2.35. The summed E-state index contributed by atoms with van der Waals surface area (Å²) in [6.07, 6.45) is 2.73. The molecule has 1 aliphatic rings. The molecule has 6 nitrogen and oxygen atoms in total. The van der Waals surface area contributed by atoms with Crippen LogP contribution in [0, 0.1) is 0 Å². The molecule has 0 fully saturated rings. The van der Waals surface area contributed by atoms with Crippen molar-refractivity contribution in [2.75, 3.05) is 19.0 Å². The van der Waals surface area contributed by atoms with E-state index in [1.165, 1.54) is 23.7 Å². The number of benzene rings is 2. The molecule has 0 aliphatic carbocycles. The fourth-order valence-corrected chi connectivity index (χ4v) is 3.81. The van der Waals surface area contributed by atoms with Gasteiger partial charge in [0.25, 0.3) is 0 Å². The van der Waals surface area contributed by atoms with E-state index < -0.39 is 0 Å². The van der Waals surface area contributed by atoms with Gasteiger partial charge in [0.1, 0.15) is 5.75 Å². The molecule has 0 radical (unpaired) electrons. The van der Waals surface area contributed by atoms with Gasteiger partial charge < -0.3 is 15.0 Å². The van der Waals surface area contributed by atoms with Gasteiger partial charge in [0, 0.05) is 37.8 Å². The van der Waals surface area contributed by atoms with Crippen molar-refractivity contribution >= 4 is 11.6 Å². The molecule has 1 amide bonds. The molecular weight excluding hydrogens is 352 g/mol. The maximum atomic E-state index is 11.2. The number of ether oxygens (including phenoxy) is 1. The number of imidazole rings is 1. The molecule has 1 atom stereocenters. The first-order valence-electron chi connectivity index (χ1n) is 9.40. The lowest BCUT2D eigenvalue weighted by molar-refractivity contribution is -0.114. The lowest BCUT2D eigenvalue weighted by atomic mass is 9.95. The number of fused-ring (bicyclic) bond motifs is 1. The van der Waals surface area contributed by atoms with Gasteiger partial charge in [0.05, 0.1) is 25.2 Å². The van der Waals surface area contributed by atoms with E-state index >= 15 is 0 Å². The Bertz CT molecular complexity index is 965. The Morgan fingerprint density at radius 2 is 2.11 bits per heavy atom. The molecule has 0 saturated heterocycles. The van der Waals surface area contributed by atoms with Crippen molar-refractivity contribution in [3.05, 3.63) is 77.4 Å². The van der Waals surface area contributed by atoms with E-state index in [0.29, 0.717) is 0 Å². The summed E-state index contributed by atoms with van der Waals surface area (Å²) in [6.45, 7) is 3.25. The highest BCUT2D eigenvalue weighted by Crippen LogP contribution is 2.35. The van der Waals surface area contributed by atoms with Crippen LogP contribution in [0.4, 0.5) is 5.69 Å². The Hall–Kier alpha value is -3.12. The number of carbonyl (C=O) groups excluding carboxylic acids is 1. The van der Waals surface area contributed by atoms with Crippen LogP contribution in [-0.2, 0) is 17.8 Å². The number of carbonyl (C=O) groups is 1. The number of hydrogen-bond acceptors (Lipinski definition) is 4. The van der Waals surface area contributed by atoms with Gasteiger partial charge in [-0.15, -0.1) is 0 Å². The molecule has 1 aliphatic heterocycles. The summed E-state index contributed by atoms with van der Waals surface area (Å²) >= 11 is 0. The third kappa shape index (κ3) is 3.77. The first kappa shape index (κ1) is 18.3. The monoisotopic (exact) mass is 376 g/mol. The normalized spacial score (nSPS) is 16.4. The highest BCUT2D eigenvalue weighted by Gasteiger charge is 2.31. The summed E-state index contributed by atoms with van der Waals surface area (Å²) in [5, 5.41) is 2.81. The van der Waals surface area contributed by atoms with Gasteiger partial charge in [0.15, 0.2) is 0 Å². The first-order valence-corrected chi connectivity index (χ1v) is 9.40. The van der Waals surface area contributed by atoms with Gasteiger partial charge in [0.2, 0.25) is 5.91 Å². The largest absolute Gasteiger partial charge is 0.497 e. The van der Waals surface area contributed by atoms with E-state index in [1.807, 2.05) is 24.3 Å². The van der Waals surface area contributed by atoms with Crippen LogP contribution in [0.15, 0.2) is 54.9 Å². The molecule has 1 aromatic heterocycles. The number of anilines is 1. The fraction of sp³-hybridized carbons (Fsp3) is 0.273.